The molecule has 2 aliphatic rings. The van der Waals surface area contributed by atoms with Gasteiger partial charge in [-0.15, -0.1) is 0 Å². The quantitative estimate of drug-likeness (QED) is 0.788. The first-order valence-corrected chi connectivity index (χ1v) is 7.04. The van der Waals surface area contributed by atoms with Gasteiger partial charge in [-0.25, -0.2) is 0 Å². The van der Waals surface area contributed by atoms with Crippen molar-refractivity contribution in [3.8, 4) is 5.75 Å². The van der Waals surface area contributed by atoms with Crippen molar-refractivity contribution in [3.63, 3.8) is 0 Å². The Morgan fingerprint density at radius 2 is 2.24 bits per heavy atom. The second-order valence-electron chi connectivity index (χ2n) is 5.54. The number of aliphatic hydroxyl groups is 1. The maximum absolute atomic E-state index is 10.3. The third-order valence-corrected chi connectivity index (χ3v) is 4.53. The summed E-state index contributed by atoms with van der Waals surface area (Å²) in [4.78, 5) is 0. The van der Waals surface area contributed by atoms with Gasteiger partial charge in [0.1, 0.15) is 11.4 Å². The molecule has 1 aliphatic heterocycles. The van der Waals surface area contributed by atoms with E-state index >= 15 is 0 Å². The van der Waals surface area contributed by atoms with Gasteiger partial charge in [-0.1, -0.05) is 22.9 Å². The third kappa shape index (κ3) is 2.00. The third-order valence-electron chi connectivity index (χ3n) is 4.04. The first-order chi connectivity index (χ1) is 8.08. The molecule has 1 fully saturated rings. The summed E-state index contributed by atoms with van der Waals surface area (Å²) in [6.45, 7) is 2.27. The van der Waals surface area contributed by atoms with Crippen LogP contribution in [-0.2, 0) is 0 Å². The van der Waals surface area contributed by atoms with Crippen LogP contribution in [-0.4, -0.2) is 10.7 Å². The highest BCUT2D eigenvalue weighted by Gasteiger charge is 2.44. The summed E-state index contributed by atoms with van der Waals surface area (Å²) >= 11 is 3.44. The second-order valence-corrected chi connectivity index (χ2v) is 6.45. The second kappa shape index (κ2) is 3.99. The molecular formula is C14H17BrO2. The summed E-state index contributed by atoms with van der Waals surface area (Å²) in [7, 11) is 0. The average molecular weight is 297 g/mol. The van der Waals surface area contributed by atoms with Crippen molar-refractivity contribution in [2.24, 2.45) is 5.92 Å². The Bertz CT molecular complexity index is 446. The van der Waals surface area contributed by atoms with Gasteiger partial charge in [0.05, 0.1) is 6.10 Å². The first-order valence-electron chi connectivity index (χ1n) is 6.24. The number of hydrogen-bond acceptors (Lipinski definition) is 2. The standard InChI is InChI=1S/C14H17BrO2/c1-9-4-5-14(7-9)8-12(16)11-6-10(15)2-3-13(11)17-14/h2-3,6,9,12,16H,4-5,7-8H2,1H3/t9?,12-,14?/m0/s1. The Hall–Kier alpha value is -0.540. The Balaban J connectivity index is 1.96. The molecule has 0 saturated heterocycles. The number of ether oxygens (including phenoxy) is 1. The lowest BCUT2D eigenvalue weighted by Gasteiger charge is -2.38. The minimum atomic E-state index is -0.387. The van der Waals surface area contributed by atoms with Crippen LogP contribution in [0.5, 0.6) is 5.75 Å². The number of halogens is 1. The van der Waals surface area contributed by atoms with E-state index in [1.165, 1.54) is 6.42 Å². The fraction of sp³-hybridized carbons (Fsp3) is 0.571. The van der Waals surface area contributed by atoms with Gasteiger partial charge in [0, 0.05) is 16.5 Å². The lowest BCUT2D eigenvalue weighted by molar-refractivity contribution is -0.0116. The maximum Gasteiger partial charge on any atom is 0.126 e. The highest BCUT2D eigenvalue weighted by atomic mass is 79.9. The van der Waals surface area contributed by atoms with Crippen molar-refractivity contribution in [1.82, 2.24) is 0 Å². The maximum atomic E-state index is 10.3. The number of aliphatic hydroxyl groups excluding tert-OH is 1. The van der Waals surface area contributed by atoms with Crippen LogP contribution in [0.3, 0.4) is 0 Å². The Morgan fingerprint density at radius 3 is 2.94 bits per heavy atom. The van der Waals surface area contributed by atoms with Crippen LogP contribution in [0.4, 0.5) is 0 Å². The number of benzene rings is 1. The zero-order valence-corrected chi connectivity index (χ0v) is 11.5. The summed E-state index contributed by atoms with van der Waals surface area (Å²) in [5.74, 6) is 1.57. The molecule has 2 unspecified atom stereocenters. The van der Waals surface area contributed by atoms with Gasteiger partial charge in [0.2, 0.25) is 0 Å². The predicted octanol–water partition coefficient (Wildman–Crippen LogP) is 3.82. The van der Waals surface area contributed by atoms with Crippen molar-refractivity contribution in [3.05, 3.63) is 28.2 Å². The van der Waals surface area contributed by atoms with E-state index in [2.05, 4.69) is 22.9 Å². The molecule has 0 aromatic heterocycles. The van der Waals surface area contributed by atoms with Gasteiger partial charge in [0.15, 0.2) is 0 Å². The highest BCUT2D eigenvalue weighted by molar-refractivity contribution is 9.10. The smallest absolute Gasteiger partial charge is 0.126 e. The van der Waals surface area contributed by atoms with Gasteiger partial charge in [-0.3, -0.25) is 0 Å². The summed E-state index contributed by atoms with van der Waals surface area (Å²) in [6.07, 6.45) is 3.70. The van der Waals surface area contributed by atoms with Gasteiger partial charge in [-0.2, -0.15) is 0 Å². The van der Waals surface area contributed by atoms with Crippen LogP contribution < -0.4 is 4.74 Å². The van der Waals surface area contributed by atoms with E-state index in [1.54, 1.807) is 0 Å². The van der Waals surface area contributed by atoms with E-state index in [1.807, 2.05) is 18.2 Å². The Morgan fingerprint density at radius 1 is 1.41 bits per heavy atom. The van der Waals surface area contributed by atoms with E-state index in [4.69, 9.17) is 4.74 Å². The SMILES string of the molecule is CC1CCC2(C1)C[C@H](O)c1cc(Br)ccc1O2. The molecule has 1 aromatic carbocycles. The molecule has 1 aromatic rings. The topological polar surface area (TPSA) is 29.5 Å². The summed E-state index contributed by atoms with van der Waals surface area (Å²) < 4.78 is 7.19. The average Bonchev–Trinajstić information content (AvgIpc) is 2.61. The summed E-state index contributed by atoms with van der Waals surface area (Å²) in [5.41, 5.74) is 0.809. The molecule has 0 radical (unpaired) electrons. The van der Waals surface area contributed by atoms with Crippen molar-refractivity contribution >= 4 is 15.9 Å². The van der Waals surface area contributed by atoms with E-state index in [9.17, 15) is 5.11 Å². The lowest BCUT2D eigenvalue weighted by Crippen LogP contribution is -2.38. The van der Waals surface area contributed by atoms with Crippen molar-refractivity contribution in [1.29, 1.82) is 0 Å². The van der Waals surface area contributed by atoms with Crippen molar-refractivity contribution in [2.45, 2.75) is 44.3 Å². The highest BCUT2D eigenvalue weighted by Crippen LogP contribution is 2.49. The molecule has 1 N–H and O–H groups in total. The molecule has 3 heteroatoms. The number of hydrogen-bond donors (Lipinski definition) is 1. The van der Waals surface area contributed by atoms with Crippen molar-refractivity contribution < 1.29 is 9.84 Å². The molecule has 1 heterocycles. The minimum absolute atomic E-state index is 0.111. The summed E-state index contributed by atoms with van der Waals surface area (Å²) in [5, 5.41) is 10.3. The minimum Gasteiger partial charge on any atom is -0.487 e. The van der Waals surface area contributed by atoms with Crippen LogP contribution in [0.1, 0.15) is 44.3 Å². The van der Waals surface area contributed by atoms with E-state index < -0.39 is 0 Å². The van der Waals surface area contributed by atoms with Crippen LogP contribution in [0, 0.1) is 5.92 Å². The van der Waals surface area contributed by atoms with Crippen LogP contribution in [0.25, 0.3) is 0 Å². The Kier molecular flexibility index (Phi) is 2.71. The molecule has 17 heavy (non-hydrogen) atoms. The fourth-order valence-corrected chi connectivity index (χ4v) is 3.62. The van der Waals surface area contributed by atoms with Crippen LogP contribution in [0.15, 0.2) is 22.7 Å². The largest absolute Gasteiger partial charge is 0.487 e. The van der Waals surface area contributed by atoms with Crippen LogP contribution >= 0.6 is 15.9 Å². The molecule has 0 bridgehead atoms. The summed E-state index contributed by atoms with van der Waals surface area (Å²) in [6, 6.07) is 5.90. The van der Waals surface area contributed by atoms with Gasteiger partial charge >= 0.3 is 0 Å². The van der Waals surface area contributed by atoms with Crippen molar-refractivity contribution in [2.75, 3.05) is 0 Å². The van der Waals surface area contributed by atoms with E-state index in [0.717, 1.165) is 35.0 Å². The molecule has 2 nitrogen and oxygen atoms in total. The monoisotopic (exact) mass is 296 g/mol. The molecule has 3 rings (SSSR count). The molecule has 1 aliphatic carbocycles. The van der Waals surface area contributed by atoms with E-state index in [-0.39, 0.29) is 11.7 Å². The Labute approximate surface area is 110 Å². The number of fused-ring (bicyclic) bond motifs is 1. The predicted molar refractivity (Wildman–Crippen MR) is 70.1 cm³/mol. The lowest BCUT2D eigenvalue weighted by atomic mass is 9.87. The zero-order chi connectivity index (χ0) is 12.0. The van der Waals surface area contributed by atoms with Gasteiger partial charge in [-0.05, 0) is 43.4 Å². The van der Waals surface area contributed by atoms with Crippen LogP contribution in [0.2, 0.25) is 0 Å². The molecule has 92 valence electrons. The molecule has 0 amide bonds. The van der Waals surface area contributed by atoms with Gasteiger partial charge < -0.3 is 9.84 Å². The van der Waals surface area contributed by atoms with E-state index in [0.29, 0.717) is 5.92 Å². The molecule has 1 saturated carbocycles. The molecular weight excluding hydrogens is 280 g/mol. The van der Waals surface area contributed by atoms with Gasteiger partial charge in [0.25, 0.3) is 0 Å². The zero-order valence-electron chi connectivity index (χ0n) is 9.95. The molecule has 1 spiro atoms. The number of rotatable bonds is 0. The normalized spacial score (nSPS) is 35.7. The molecule has 3 atom stereocenters. The fourth-order valence-electron chi connectivity index (χ4n) is 3.24. The first kappa shape index (κ1) is 11.5.